The molecule has 1 saturated heterocycles. The topological polar surface area (TPSA) is 141 Å². The number of hydrazine groups is 1. The molecule has 1 aliphatic rings. The minimum atomic E-state index is -1.16. The second kappa shape index (κ2) is 12.2. The number of anilines is 4. The summed E-state index contributed by atoms with van der Waals surface area (Å²) in [6, 6.07) is 16.3. The van der Waals surface area contributed by atoms with Gasteiger partial charge in [-0.15, -0.1) is 0 Å². The summed E-state index contributed by atoms with van der Waals surface area (Å²) < 4.78 is 1.43. The Morgan fingerprint density at radius 1 is 0.953 bits per heavy atom. The van der Waals surface area contributed by atoms with E-state index >= 15 is 0 Å². The van der Waals surface area contributed by atoms with E-state index in [2.05, 4.69) is 68.9 Å². The van der Waals surface area contributed by atoms with E-state index in [-0.39, 0.29) is 17.0 Å². The molecule has 43 heavy (non-hydrogen) atoms. The fourth-order valence-electron chi connectivity index (χ4n) is 4.66. The van der Waals surface area contributed by atoms with Crippen molar-refractivity contribution in [3.05, 3.63) is 83.3 Å². The second-order valence-corrected chi connectivity index (χ2v) is 11.7. The monoisotopic (exact) mass is 583 g/mol. The van der Waals surface area contributed by atoms with E-state index < -0.39 is 5.97 Å². The third-order valence-corrected chi connectivity index (χ3v) is 7.32. The lowest BCUT2D eigenvalue weighted by Crippen LogP contribution is -2.47. The number of aryl methyl sites for hydroxylation is 1. The SMILES string of the molecule is Cc1ccc(NC(=O)c2cccc(C(C)(C)C)c2)cc1Nc1cc(C(=O)O)nn1-c1cc(NN2CCN(C)CC2)ncn1. The van der Waals surface area contributed by atoms with Crippen molar-refractivity contribution in [3.63, 3.8) is 0 Å². The van der Waals surface area contributed by atoms with Crippen molar-refractivity contribution >= 4 is 34.9 Å². The van der Waals surface area contributed by atoms with Gasteiger partial charge in [0, 0.05) is 55.2 Å². The number of aromatic nitrogens is 4. The molecule has 0 atom stereocenters. The molecule has 0 saturated carbocycles. The van der Waals surface area contributed by atoms with Crippen molar-refractivity contribution in [2.75, 3.05) is 49.3 Å². The first kappa shape index (κ1) is 29.7. The van der Waals surface area contributed by atoms with Crippen LogP contribution in [0.4, 0.5) is 23.0 Å². The van der Waals surface area contributed by atoms with Gasteiger partial charge in [-0.1, -0.05) is 39.0 Å². The van der Waals surface area contributed by atoms with Gasteiger partial charge in [0.05, 0.1) is 0 Å². The van der Waals surface area contributed by atoms with Crippen molar-refractivity contribution in [1.29, 1.82) is 0 Å². The number of hydrogen-bond acceptors (Lipinski definition) is 9. The quantitative estimate of drug-likeness (QED) is 0.234. The number of nitrogens with one attached hydrogen (secondary N) is 3. The van der Waals surface area contributed by atoms with Crippen LogP contribution in [-0.2, 0) is 5.41 Å². The zero-order valence-electron chi connectivity index (χ0n) is 25.0. The van der Waals surface area contributed by atoms with Gasteiger partial charge in [0.2, 0.25) is 0 Å². The van der Waals surface area contributed by atoms with Crippen LogP contribution < -0.4 is 16.1 Å². The third kappa shape index (κ3) is 7.16. The lowest BCUT2D eigenvalue weighted by atomic mass is 9.86. The Bertz CT molecular complexity index is 1640. The summed E-state index contributed by atoms with van der Waals surface area (Å²) in [6.45, 7) is 11.8. The predicted molar refractivity (Wildman–Crippen MR) is 166 cm³/mol. The molecular weight excluding hydrogens is 546 g/mol. The molecule has 1 amide bonds. The molecule has 5 rings (SSSR count). The van der Waals surface area contributed by atoms with Gasteiger partial charge in [0.15, 0.2) is 11.5 Å². The van der Waals surface area contributed by atoms with Crippen LogP contribution in [0.15, 0.2) is 60.9 Å². The fourth-order valence-corrected chi connectivity index (χ4v) is 4.66. The van der Waals surface area contributed by atoms with Crippen LogP contribution >= 0.6 is 0 Å². The summed E-state index contributed by atoms with van der Waals surface area (Å²) in [5.74, 6) is -0.0276. The van der Waals surface area contributed by atoms with Gasteiger partial charge >= 0.3 is 5.97 Å². The summed E-state index contributed by atoms with van der Waals surface area (Å²) >= 11 is 0. The van der Waals surface area contributed by atoms with Crippen molar-refractivity contribution in [2.24, 2.45) is 0 Å². The molecule has 3 heterocycles. The number of carboxylic acid groups (broad SMARTS) is 1. The lowest BCUT2D eigenvalue weighted by Gasteiger charge is -2.32. The minimum absolute atomic E-state index is 0.0833. The number of benzene rings is 2. The van der Waals surface area contributed by atoms with Crippen molar-refractivity contribution in [3.8, 4) is 5.82 Å². The lowest BCUT2D eigenvalue weighted by molar-refractivity contribution is 0.0689. The average Bonchev–Trinajstić information content (AvgIpc) is 3.40. The number of hydrogen-bond donors (Lipinski definition) is 4. The van der Waals surface area contributed by atoms with E-state index in [1.54, 1.807) is 18.2 Å². The Morgan fingerprint density at radius 3 is 2.44 bits per heavy atom. The molecule has 0 unspecified atom stereocenters. The van der Waals surface area contributed by atoms with Crippen LogP contribution in [0.3, 0.4) is 0 Å². The summed E-state index contributed by atoms with van der Waals surface area (Å²) in [4.78, 5) is 35.9. The third-order valence-electron chi connectivity index (χ3n) is 7.32. The van der Waals surface area contributed by atoms with E-state index in [4.69, 9.17) is 0 Å². The molecule has 1 fully saturated rings. The Hall–Kier alpha value is -4.81. The number of nitrogens with zero attached hydrogens (tertiary/aromatic N) is 6. The molecule has 4 N–H and O–H groups in total. The first-order valence-corrected chi connectivity index (χ1v) is 14.1. The van der Waals surface area contributed by atoms with Crippen LogP contribution in [0.5, 0.6) is 0 Å². The first-order valence-electron chi connectivity index (χ1n) is 14.1. The van der Waals surface area contributed by atoms with Crippen molar-refractivity contribution < 1.29 is 14.7 Å². The van der Waals surface area contributed by atoms with Crippen molar-refractivity contribution in [2.45, 2.75) is 33.1 Å². The van der Waals surface area contributed by atoms with E-state index in [1.807, 2.05) is 37.3 Å². The van der Waals surface area contributed by atoms with Gasteiger partial charge in [-0.2, -0.15) is 9.78 Å². The van der Waals surface area contributed by atoms with E-state index in [1.165, 1.54) is 17.1 Å². The Labute approximate surface area is 250 Å². The molecule has 0 bridgehead atoms. The molecule has 2 aromatic carbocycles. The molecule has 12 nitrogen and oxygen atoms in total. The fraction of sp³-hybridized carbons (Fsp3) is 0.323. The van der Waals surface area contributed by atoms with Gasteiger partial charge < -0.3 is 26.1 Å². The maximum absolute atomic E-state index is 13.1. The highest BCUT2D eigenvalue weighted by Gasteiger charge is 2.19. The van der Waals surface area contributed by atoms with Crippen LogP contribution in [0.2, 0.25) is 0 Å². The molecule has 0 aliphatic carbocycles. The Balaban J connectivity index is 1.39. The molecule has 0 radical (unpaired) electrons. The number of carbonyl (C=O) groups excluding carboxylic acids is 1. The zero-order valence-corrected chi connectivity index (χ0v) is 25.0. The summed E-state index contributed by atoms with van der Waals surface area (Å²) in [5.41, 5.74) is 6.86. The van der Waals surface area contributed by atoms with Crippen LogP contribution in [0.1, 0.15) is 52.7 Å². The Morgan fingerprint density at radius 2 is 1.72 bits per heavy atom. The van der Waals surface area contributed by atoms with Gasteiger partial charge in [-0.25, -0.2) is 19.8 Å². The Kier molecular flexibility index (Phi) is 8.42. The van der Waals surface area contributed by atoms with Crippen LogP contribution in [0, 0.1) is 6.92 Å². The predicted octanol–water partition coefficient (Wildman–Crippen LogP) is 4.54. The van der Waals surface area contributed by atoms with E-state index in [0.717, 1.165) is 37.3 Å². The van der Waals surface area contributed by atoms with Gasteiger partial charge in [-0.05, 0) is 54.8 Å². The van der Waals surface area contributed by atoms with Gasteiger partial charge in [0.1, 0.15) is 18.0 Å². The molecule has 0 spiro atoms. The summed E-state index contributed by atoms with van der Waals surface area (Å²) in [7, 11) is 2.09. The maximum atomic E-state index is 13.1. The number of piperazine rings is 1. The normalized spacial score (nSPS) is 14.3. The largest absolute Gasteiger partial charge is 0.476 e. The zero-order chi connectivity index (χ0) is 30.7. The van der Waals surface area contributed by atoms with Crippen molar-refractivity contribution in [1.82, 2.24) is 29.7 Å². The van der Waals surface area contributed by atoms with Gasteiger partial charge in [0.25, 0.3) is 5.91 Å². The summed E-state index contributed by atoms with van der Waals surface area (Å²) in [5, 5.41) is 22.3. The van der Waals surface area contributed by atoms with E-state index in [0.29, 0.717) is 34.4 Å². The highest BCUT2D eigenvalue weighted by molar-refractivity contribution is 6.04. The number of amides is 1. The minimum Gasteiger partial charge on any atom is -0.476 e. The molecule has 224 valence electrons. The second-order valence-electron chi connectivity index (χ2n) is 11.7. The van der Waals surface area contributed by atoms with E-state index in [9.17, 15) is 14.7 Å². The first-order chi connectivity index (χ1) is 20.5. The number of carbonyl (C=O) groups is 2. The average molecular weight is 584 g/mol. The number of carboxylic acids is 1. The van der Waals surface area contributed by atoms with Gasteiger partial charge in [-0.3, -0.25) is 4.79 Å². The number of rotatable bonds is 8. The highest BCUT2D eigenvalue weighted by Crippen LogP contribution is 2.28. The smallest absolute Gasteiger partial charge is 0.356 e. The van der Waals surface area contributed by atoms with Crippen LogP contribution in [0.25, 0.3) is 5.82 Å². The standard InChI is InChI=1S/C31H37N9O3/c1-20-9-10-23(34-29(41)21-7-6-8-22(15-21)31(2,3)4)16-24(20)35-28-17-25(30(42)43)36-40(28)27-18-26(32-19-33-27)37-39-13-11-38(5)12-14-39/h6-10,15-19,35H,11-14H2,1-5H3,(H,34,41)(H,42,43)(H,32,33,37). The molecular formula is C31H37N9O3. The maximum Gasteiger partial charge on any atom is 0.356 e. The molecule has 12 heteroatoms. The number of aromatic carboxylic acids is 1. The summed E-state index contributed by atoms with van der Waals surface area (Å²) in [6.07, 6.45) is 1.41. The molecule has 2 aromatic heterocycles. The molecule has 1 aliphatic heterocycles. The number of likely N-dealkylation sites (N-methyl/N-ethyl adjacent to an activating group) is 1. The van der Waals surface area contributed by atoms with Crippen LogP contribution in [-0.4, -0.2) is 79.9 Å². The highest BCUT2D eigenvalue weighted by atomic mass is 16.4. The molecule has 4 aromatic rings.